The van der Waals surface area contributed by atoms with Crippen LogP contribution < -0.4 is 21.3 Å². The molecule has 240 valence electrons. The van der Waals surface area contributed by atoms with Gasteiger partial charge in [0.1, 0.15) is 22.8 Å². The van der Waals surface area contributed by atoms with Gasteiger partial charge in [-0.1, -0.05) is 0 Å². The minimum atomic E-state index is -4.91. The molecule has 4 aromatic rings. The summed E-state index contributed by atoms with van der Waals surface area (Å²) in [5.74, 6) is -1.86. The summed E-state index contributed by atoms with van der Waals surface area (Å²) in [5, 5.41) is 17.4. The average Bonchev–Trinajstić information content (AvgIpc) is 2.95. The molecule has 1 aliphatic rings. The van der Waals surface area contributed by atoms with Crippen LogP contribution in [0.25, 0.3) is 22.3 Å². The van der Waals surface area contributed by atoms with E-state index in [9.17, 15) is 41.0 Å². The Hall–Kier alpha value is -4.61. The molecule has 11 nitrogen and oxygen atoms in total. The molecule has 4 heterocycles. The van der Waals surface area contributed by atoms with Gasteiger partial charge in [0.25, 0.3) is 11.1 Å². The molecule has 0 amide bonds. The van der Waals surface area contributed by atoms with Crippen LogP contribution in [0.1, 0.15) is 37.8 Å². The van der Waals surface area contributed by atoms with Crippen LogP contribution in [-0.2, 0) is 18.9 Å². The molecule has 0 radical (unpaired) electrons. The van der Waals surface area contributed by atoms with Gasteiger partial charge in [-0.15, -0.1) is 0 Å². The first kappa shape index (κ1) is 31.8. The van der Waals surface area contributed by atoms with E-state index < -0.39 is 70.1 Å². The molecule has 0 saturated carbocycles. The number of hydrogen-bond acceptors (Lipinski definition) is 9. The molecule has 5 rings (SSSR count). The van der Waals surface area contributed by atoms with E-state index in [-0.39, 0.29) is 48.2 Å². The van der Waals surface area contributed by atoms with E-state index in [4.69, 9.17) is 0 Å². The summed E-state index contributed by atoms with van der Waals surface area (Å²) in [6.07, 6.45) is -7.44. The SMILES string of the molecule is C[C@@H](CCCn1cnc2cc(-c3ncc(C(F)(F)F)c(N4C[C@@H](O)[C@@H]4C)n3)c(F)cc2c1=O)Nc1cn[nH]c(=O)c1C(F)(F)F. The molecule has 18 heteroatoms. The number of nitrogens with zero attached hydrogens (tertiary/aromatic N) is 6. The Balaban J connectivity index is 1.35. The number of aromatic nitrogens is 6. The highest BCUT2D eigenvalue weighted by Gasteiger charge is 2.43. The molecular formula is C27H25F7N8O3. The number of H-pyrrole nitrogens is 1. The number of nitrogens with one attached hydrogen (secondary N) is 2. The van der Waals surface area contributed by atoms with Gasteiger partial charge < -0.3 is 15.3 Å². The Bertz CT molecular complexity index is 1860. The second-order valence-electron chi connectivity index (χ2n) is 10.7. The third-order valence-electron chi connectivity index (χ3n) is 7.51. The van der Waals surface area contributed by atoms with Crippen molar-refractivity contribution >= 4 is 22.4 Å². The van der Waals surface area contributed by atoms with Gasteiger partial charge in [0.05, 0.1) is 46.8 Å². The summed E-state index contributed by atoms with van der Waals surface area (Å²) in [7, 11) is 0. The molecule has 0 spiro atoms. The number of anilines is 2. The number of hydrogen-bond donors (Lipinski definition) is 3. The third kappa shape index (κ3) is 6.31. The quantitative estimate of drug-likeness (QED) is 0.244. The number of β-amino-alcohol motifs (C(OH)–C–C–N with tert-alkyl or cyclic N) is 1. The van der Waals surface area contributed by atoms with E-state index in [1.807, 2.05) is 0 Å². The first-order valence-electron chi connectivity index (χ1n) is 13.6. The monoisotopic (exact) mass is 642 g/mol. The van der Waals surface area contributed by atoms with E-state index in [0.29, 0.717) is 6.20 Å². The maximum atomic E-state index is 15.3. The van der Waals surface area contributed by atoms with Crippen molar-refractivity contribution in [2.24, 2.45) is 0 Å². The maximum absolute atomic E-state index is 15.3. The number of halogens is 7. The van der Waals surface area contributed by atoms with Gasteiger partial charge in [-0.05, 0) is 38.8 Å². The lowest BCUT2D eigenvalue weighted by atomic mass is 10.0. The van der Waals surface area contributed by atoms with Gasteiger partial charge in [0.15, 0.2) is 5.82 Å². The minimum absolute atomic E-state index is 0.0296. The Labute approximate surface area is 248 Å². The van der Waals surface area contributed by atoms with Crippen LogP contribution in [-0.4, -0.2) is 59.6 Å². The van der Waals surface area contributed by atoms with E-state index >= 15 is 4.39 Å². The van der Waals surface area contributed by atoms with Crippen molar-refractivity contribution in [3.63, 3.8) is 0 Å². The van der Waals surface area contributed by atoms with Gasteiger partial charge in [-0.25, -0.2) is 24.4 Å². The van der Waals surface area contributed by atoms with E-state index in [0.717, 1.165) is 18.3 Å². The Morgan fingerprint density at radius 3 is 2.49 bits per heavy atom. The van der Waals surface area contributed by atoms with Crippen molar-refractivity contribution in [3.8, 4) is 11.4 Å². The lowest BCUT2D eigenvalue weighted by Gasteiger charge is -2.45. The number of aliphatic hydroxyl groups excluding tert-OH is 1. The molecule has 1 aromatic carbocycles. The number of fused-ring (bicyclic) bond motifs is 1. The third-order valence-corrected chi connectivity index (χ3v) is 7.51. The van der Waals surface area contributed by atoms with Crippen LogP contribution >= 0.6 is 0 Å². The molecule has 45 heavy (non-hydrogen) atoms. The number of benzene rings is 1. The summed E-state index contributed by atoms with van der Waals surface area (Å²) >= 11 is 0. The Morgan fingerprint density at radius 1 is 1.11 bits per heavy atom. The molecule has 3 atom stereocenters. The molecule has 1 aliphatic heterocycles. The molecule has 1 saturated heterocycles. The van der Waals surface area contributed by atoms with Gasteiger partial charge in [0.2, 0.25) is 0 Å². The van der Waals surface area contributed by atoms with Crippen LogP contribution in [0.4, 0.5) is 42.2 Å². The van der Waals surface area contributed by atoms with Gasteiger partial charge in [-0.3, -0.25) is 14.2 Å². The van der Waals surface area contributed by atoms with Crippen molar-refractivity contribution in [3.05, 3.63) is 68.5 Å². The second kappa shape index (κ2) is 11.7. The predicted octanol–water partition coefficient (Wildman–Crippen LogP) is 3.96. The van der Waals surface area contributed by atoms with Crippen LogP contribution in [0.15, 0.2) is 40.4 Å². The highest BCUT2D eigenvalue weighted by molar-refractivity contribution is 5.82. The Morgan fingerprint density at radius 2 is 1.84 bits per heavy atom. The van der Waals surface area contributed by atoms with Crippen LogP contribution in [0.2, 0.25) is 0 Å². The first-order valence-corrected chi connectivity index (χ1v) is 13.6. The van der Waals surface area contributed by atoms with E-state index in [1.54, 1.807) is 12.0 Å². The first-order chi connectivity index (χ1) is 21.1. The highest BCUT2D eigenvalue weighted by atomic mass is 19.4. The Kier molecular flexibility index (Phi) is 8.28. The number of aryl methyl sites for hydroxylation is 1. The molecule has 0 aliphatic carbocycles. The van der Waals surface area contributed by atoms with E-state index in [1.165, 1.54) is 22.7 Å². The van der Waals surface area contributed by atoms with Crippen molar-refractivity contribution < 1.29 is 35.8 Å². The van der Waals surface area contributed by atoms with Crippen LogP contribution in [0, 0.1) is 5.82 Å². The normalized spacial score (nSPS) is 17.8. The van der Waals surface area contributed by atoms with Crippen molar-refractivity contribution in [1.29, 1.82) is 0 Å². The topological polar surface area (TPSA) is 142 Å². The minimum Gasteiger partial charge on any atom is -0.389 e. The standard InChI is InChI=1S/C27H25F7N8O3/c1-12(38-19-9-37-40-24(44)21(19)27(32,33)34)4-3-5-41-11-36-18-7-14(17(28)6-15(18)25(41)45)22-35-8-16(26(29,30)31)23(39-22)42-10-20(43)13(42)2/h6-9,11-13,20,43H,3-5,10H2,1-2H3,(H2,38,40,44)/t12-,13-,20+/m0/s1. The van der Waals surface area contributed by atoms with Gasteiger partial charge in [0, 0.05) is 25.3 Å². The predicted molar refractivity (Wildman–Crippen MR) is 147 cm³/mol. The van der Waals surface area contributed by atoms with E-state index in [2.05, 4.69) is 25.4 Å². The lowest BCUT2D eigenvalue weighted by Crippen LogP contribution is -2.59. The van der Waals surface area contributed by atoms with Crippen molar-refractivity contribution in [1.82, 2.24) is 29.7 Å². The number of aliphatic hydroxyl groups is 1. The number of alkyl halides is 6. The smallest absolute Gasteiger partial charge is 0.389 e. The fourth-order valence-electron chi connectivity index (χ4n) is 5.00. The summed E-state index contributed by atoms with van der Waals surface area (Å²) in [6, 6.07) is 0.814. The largest absolute Gasteiger partial charge is 0.423 e. The summed E-state index contributed by atoms with van der Waals surface area (Å²) in [5.41, 5.74) is -5.32. The maximum Gasteiger partial charge on any atom is 0.423 e. The number of aromatic amines is 1. The molecule has 3 N–H and O–H groups in total. The average molecular weight is 643 g/mol. The van der Waals surface area contributed by atoms with Crippen LogP contribution in [0.5, 0.6) is 0 Å². The van der Waals surface area contributed by atoms with Gasteiger partial charge >= 0.3 is 12.4 Å². The summed E-state index contributed by atoms with van der Waals surface area (Å²) < 4.78 is 97.3. The fourth-order valence-corrected chi connectivity index (χ4v) is 5.00. The van der Waals surface area contributed by atoms with Gasteiger partial charge in [-0.2, -0.15) is 31.4 Å². The second-order valence-corrected chi connectivity index (χ2v) is 10.7. The molecular weight excluding hydrogens is 617 g/mol. The summed E-state index contributed by atoms with van der Waals surface area (Å²) in [6.45, 7) is 3.07. The zero-order valence-corrected chi connectivity index (χ0v) is 23.5. The summed E-state index contributed by atoms with van der Waals surface area (Å²) in [4.78, 5) is 37.8. The molecule has 0 unspecified atom stereocenters. The van der Waals surface area contributed by atoms with Crippen molar-refractivity contribution in [2.45, 2.75) is 63.8 Å². The zero-order valence-electron chi connectivity index (χ0n) is 23.5. The lowest BCUT2D eigenvalue weighted by molar-refractivity contribution is -0.138. The highest BCUT2D eigenvalue weighted by Crippen LogP contribution is 2.39. The molecule has 3 aromatic heterocycles. The molecule has 1 fully saturated rings. The fraction of sp³-hybridized carbons (Fsp3) is 0.407. The number of rotatable bonds is 8. The zero-order chi connectivity index (χ0) is 32.8. The van der Waals surface area contributed by atoms with Crippen molar-refractivity contribution in [2.75, 3.05) is 16.8 Å². The van der Waals surface area contributed by atoms with Crippen LogP contribution in [0.3, 0.4) is 0 Å². The molecule has 0 bridgehead atoms.